The first-order valence-electron chi connectivity index (χ1n) is 8.63. The van der Waals surface area contributed by atoms with Crippen molar-refractivity contribution in [2.24, 2.45) is 0 Å². The molecule has 0 spiro atoms. The van der Waals surface area contributed by atoms with Gasteiger partial charge >= 0.3 is 0 Å². The van der Waals surface area contributed by atoms with E-state index in [9.17, 15) is 8.42 Å². The first kappa shape index (κ1) is 17.0. The van der Waals surface area contributed by atoms with Gasteiger partial charge in [0.25, 0.3) is 0 Å². The molecule has 3 aromatic rings. The lowest BCUT2D eigenvalue weighted by Gasteiger charge is -2.10. The lowest BCUT2D eigenvalue weighted by atomic mass is 10.1. The van der Waals surface area contributed by atoms with Crippen molar-refractivity contribution in [2.45, 2.75) is 37.1 Å². The van der Waals surface area contributed by atoms with Crippen LogP contribution in [0.3, 0.4) is 0 Å². The zero-order valence-electron chi connectivity index (χ0n) is 14.5. The molecule has 134 valence electrons. The summed E-state index contributed by atoms with van der Waals surface area (Å²) >= 11 is 0. The molecule has 0 saturated heterocycles. The van der Waals surface area contributed by atoms with Gasteiger partial charge in [0.2, 0.25) is 10.0 Å². The second-order valence-electron chi connectivity index (χ2n) is 6.63. The van der Waals surface area contributed by atoms with E-state index in [2.05, 4.69) is 9.71 Å². The smallest absolute Gasteiger partial charge is 0.241 e. The van der Waals surface area contributed by atoms with Gasteiger partial charge in [0, 0.05) is 18.0 Å². The van der Waals surface area contributed by atoms with Crippen LogP contribution in [0.4, 0.5) is 0 Å². The van der Waals surface area contributed by atoms with Gasteiger partial charge in [-0.3, -0.25) is 0 Å². The molecular formula is C20H20N2O3S. The topological polar surface area (TPSA) is 72.2 Å². The molecule has 1 aliphatic rings. The molecular weight excluding hydrogens is 348 g/mol. The molecule has 26 heavy (non-hydrogen) atoms. The van der Waals surface area contributed by atoms with Crippen LogP contribution < -0.4 is 4.72 Å². The van der Waals surface area contributed by atoms with Crippen LogP contribution in [0, 0.1) is 6.92 Å². The van der Waals surface area contributed by atoms with E-state index in [4.69, 9.17) is 4.42 Å². The van der Waals surface area contributed by atoms with Gasteiger partial charge in [0.15, 0.2) is 11.7 Å². The van der Waals surface area contributed by atoms with E-state index in [0.717, 1.165) is 29.9 Å². The van der Waals surface area contributed by atoms with E-state index in [1.165, 1.54) is 0 Å². The third-order valence-corrected chi connectivity index (χ3v) is 6.06. The van der Waals surface area contributed by atoms with Gasteiger partial charge in [-0.15, -0.1) is 0 Å². The molecule has 0 aliphatic heterocycles. The largest absolute Gasteiger partial charge is 0.440 e. The van der Waals surface area contributed by atoms with Crippen LogP contribution in [0.2, 0.25) is 0 Å². The van der Waals surface area contributed by atoms with Gasteiger partial charge in [0.1, 0.15) is 0 Å². The minimum absolute atomic E-state index is 0.251. The normalized spacial score (nSPS) is 14.5. The van der Waals surface area contributed by atoms with Crippen molar-refractivity contribution in [3.8, 4) is 11.3 Å². The number of aromatic nitrogens is 1. The summed E-state index contributed by atoms with van der Waals surface area (Å²) in [5.74, 6) is 1.77. The molecule has 1 saturated carbocycles. The van der Waals surface area contributed by atoms with Gasteiger partial charge in [-0.25, -0.2) is 18.1 Å². The standard InChI is InChI=1S/C20H20N2O3S/c1-14-7-8-17(18-13-21-20(25-18)16-9-10-16)11-19(14)26(23,24)22-12-15-5-3-2-4-6-15/h2-8,11,13,16,22H,9-10,12H2,1H3. The number of hydrogen-bond acceptors (Lipinski definition) is 4. The Hall–Kier alpha value is -2.44. The highest BCUT2D eigenvalue weighted by atomic mass is 32.2. The number of aryl methyl sites for hydroxylation is 1. The molecule has 0 amide bonds. The summed E-state index contributed by atoms with van der Waals surface area (Å²) in [6, 6.07) is 14.8. The van der Waals surface area contributed by atoms with Crippen molar-refractivity contribution in [3.63, 3.8) is 0 Å². The predicted molar refractivity (Wildman–Crippen MR) is 99.1 cm³/mol. The van der Waals surface area contributed by atoms with Crippen LogP contribution in [0.25, 0.3) is 11.3 Å². The molecule has 5 nitrogen and oxygen atoms in total. The summed E-state index contributed by atoms with van der Waals surface area (Å²) < 4.78 is 34.0. The fraction of sp³-hybridized carbons (Fsp3) is 0.250. The summed E-state index contributed by atoms with van der Waals surface area (Å²) in [7, 11) is -3.63. The zero-order valence-corrected chi connectivity index (χ0v) is 15.3. The molecule has 1 heterocycles. The SMILES string of the molecule is Cc1ccc(-c2cnc(C3CC3)o2)cc1S(=O)(=O)NCc1ccccc1. The van der Waals surface area contributed by atoms with Crippen molar-refractivity contribution >= 4 is 10.0 Å². The third kappa shape index (κ3) is 3.57. The van der Waals surface area contributed by atoms with Gasteiger partial charge in [-0.05, 0) is 37.0 Å². The highest BCUT2D eigenvalue weighted by molar-refractivity contribution is 7.89. The maximum atomic E-state index is 12.8. The highest BCUT2D eigenvalue weighted by Crippen LogP contribution is 2.40. The number of oxazole rings is 1. The highest BCUT2D eigenvalue weighted by Gasteiger charge is 2.29. The number of rotatable bonds is 6. The molecule has 0 bridgehead atoms. The van der Waals surface area contributed by atoms with Gasteiger partial charge in [-0.2, -0.15) is 0 Å². The fourth-order valence-corrected chi connectivity index (χ4v) is 4.12. The Morgan fingerprint density at radius 3 is 2.65 bits per heavy atom. The van der Waals surface area contributed by atoms with Crippen LogP contribution in [-0.4, -0.2) is 13.4 Å². The molecule has 0 atom stereocenters. The fourth-order valence-electron chi connectivity index (χ4n) is 2.83. The summed E-state index contributed by atoms with van der Waals surface area (Å²) in [4.78, 5) is 4.57. The maximum Gasteiger partial charge on any atom is 0.241 e. The van der Waals surface area contributed by atoms with E-state index >= 15 is 0 Å². The minimum atomic E-state index is -3.63. The first-order chi connectivity index (χ1) is 12.5. The van der Waals surface area contributed by atoms with Gasteiger partial charge < -0.3 is 4.42 Å². The molecule has 1 fully saturated rings. The average Bonchev–Trinajstić information content (AvgIpc) is 3.38. The number of sulfonamides is 1. The Balaban J connectivity index is 1.60. The summed E-state index contributed by atoms with van der Waals surface area (Å²) in [6.45, 7) is 2.04. The Labute approximate surface area is 153 Å². The van der Waals surface area contributed by atoms with E-state index in [-0.39, 0.29) is 11.4 Å². The summed E-state index contributed by atoms with van der Waals surface area (Å²) in [5, 5.41) is 0. The summed E-state index contributed by atoms with van der Waals surface area (Å²) in [6.07, 6.45) is 3.89. The van der Waals surface area contributed by atoms with Crippen LogP contribution in [0.1, 0.15) is 35.8 Å². The monoisotopic (exact) mass is 368 g/mol. The Morgan fingerprint density at radius 1 is 1.15 bits per heavy atom. The molecule has 4 rings (SSSR count). The average molecular weight is 368 g/mol. The van der Waals surface area contributed by atoms with Crippen LogP contribution in [0.5, 0.6) is 0 Å². The Kier molecular flexibility index (Phi) is 4.38. The lowest BCUT2D eigenvalue weighted by Crippen LogP contribution is -2.24. The second-order valence-corrected chi connectivity index (χ2v) is 8.36. The van der Waals surface area contributed by atoms with Crippen molar-refractivity contribution in [3.05, 3.63) is 71.7 Å². The molecule has 2 aromatic carbocycles. The summed E-state index contributed by atoms with van der Waals surface area (Å²) in [5.41, 5.74) is 2.32. The van der Waals surface area contributed by atoms with Crippen LogP contribution in [-0.2, 0) is 16.6 Å². The number of hydrogen-bond donors (Lipinski definition) is 1. The third-order valence-electron chi connectivity index (χ3n) is 4.52. The number of nitrogens with zero attached hydrogens (tertiary/aromatic N) is 1. The zero-order chi connectivity index (χ0) is 18.1. The van der Waals surface area contributed by atoms with Crippen LogP contribution >= 0.6 is 0 Å². The van der Waals surface area contributed by atoms with Gasteiger partial charge in [-0.1, -0.05) is 42.5 Å². The van der Waals surface area contributed by atoms with Crippen molar-refractivity contribution in [2.75, 3.05) is 0 Å². The Bertz CT molecular complexity index is 1020. The van der Waals surface area contributed by atoms with Crippen molar-refractivity contribution in [1.29, 1.82) is 0 Å². The number of nitrogens with one attached hydrogen (secondary N) is 1. The van der Waals surface area contributed by atoms with E-state index < -0.39 is 10.0 Å². The quantitative estimate of drug-likeness (QED) is 0.714. The van der Waals surface area contributed by atoms with E-state index in [1.54, 1.807) is 25.3 Å². The van der Waals surface area contributed by atoms with Crippen molar-refractivity contribution in [1.82, 2.24) is 9.71 Å². The Morgan fingerprint density at radius 2 is 1.92 bits per heavy atom. The molecule has 6 heteroatoms. The lowest BCUT2D eigenvalue weighted by molar-refractivity contribution is 0.509. The predicted octanol–water partition coefficient (Wildman–Crippen LogP) is 4.01. The molecule has 0 unspecified atom stereocenters. The minimum Gasteiger partial charge on any atom is -0.440 e. The molecule has 1 aliphatic carbocycles. The van der Waals surface area contributed by atoms with E-state index in [1.807, 2.05) is 36.4 Å². The molecule has 1 N–H and O–H groups in total. The molecule has 0 radical (unpaired) electrons. The van der Waals surface area contributed by atoms with E-state index in [0.29, 0.717) is 17.2 Å². The van der Waals surface area contributed by atoms with Crippen LogP contribution in [0.15, 0.2) is 64.0 Å². The first-order valence-corrected chi connectivity index (χ1v) is 10.1. The maximum absolute atomic E-state index is 12.8. The molecule has 1 aromatic heterocycles. The second kappa shape index (κ2) is 6.70. The number of benzene rings is 2. The van der Waals surface area contributed by atoms with Crippen molar-refractivity contribution < 1.29 is 12.8 Å². The van der Waals surface area contributed by atoms with Gasteiger partial charge in [0.05, 0.1) is 11.1 Å².